The van der Waals surface area contributed by atoms with Crippen molar-refractivity contribution in [2.45, 2.75) is 103 Å². The number of benzene rings is 2. The normalized spacial score (nSPS) is 14.1. The fourth-order valence-electron chi connectivity index (χ4n) is 6.16. The van der Waals surface area contributed by atoms with E-state index in [1.807, 2.05) is 50.3 Å². The zero-order chi connectivity index (χ0) is 46.7. The molecule has 0 aliphatic rings. The summed E-state index contributed by atoms with van der Waals surface area (Å²) in [6.45, 7) is 10.0. The van der Waals surface area contributed by atoms with Crippen LogP contribution >= 0.6 is 35.2 Å². The molecule has 0 saturated carbocycles. The van der Waals surface area contributed by atoms with Crippen LogP contribution in [0.2, 0.25) is 0 Å². The number of halogens is 1. The van der Waals surface area contributed by atoms with E-state index in [-0.39, 0.29) is 55.6 Å². The molecule has 0 bridgehead atoms. The van der Waals surface area contributed by atoms with Gasteiger partial charge in [-0.3, -0.25) is 38.4 Å². The van der Waals surface area contributed by atoms with Gasteiger partial charge in [-0.15, -0.1) is 0 Å². The number of thiol groups is 1. The predicted octanol–water partition coefficient (Wildman–Crippen LogP) is -0.0710. The first kappa shape index (κ1) is 53.2. The van der Waals surface area contributed by atoms with Gasteiger partial charge in [-0.2, -0.15) is 12.6 Å². The molecule has 0 aromatic heterocycles. The van der Waals surface area contributed by atoms with Crippen molar-refractivity contribution in [1.82, 2.24) is 37.2 Å². The number of carbonyl (C=O) groups is 8. The average Bonchev–Trinajstić information content (AvgIpc) is 3.20. The first-order chi connectivity index (χ1) is 29.1. The number of rotatable bonds is 25. The second-order valence-corrected chi connectivity index (χ2v) is 17.6. The lowest BCUT2D eigenvalue weighted by Gasteiger charge is -2.29. The molecule has 0 saturated heterocycles. The van der Waals surface area contributed by atoms with Crippen molar-refractivity contribution in [3.8, 4) is 5.75 Å². The molecule has 62 heavy (non-hydrogen) atoms. The summed E-state index contributed by atoms with van der Waals surface area (Å²) in [5.74, 6) is -6.32. The Morgan fingerprint density at radius 3 is 1.65 bits per heavy atom. The summed E-state index contributed by atoms with van der Waals surface area (Å²) >= 11 is 6.11. The predicted molar refractivity (Wildman–Crippen MR) is 245 cm³/mol. The van der Waals surface area contributed by atoms with Crippen LogP contribution < -0.4 is 48.7 Å². The summed E-state index contributed by atoms with van der Waals surface area (Å²) in [4.78, 5) is 106. The number of primary amides is 1. The maximum absolute atomic E-state index is 14.3. The van der Waals surface area contributed by atoms with Crippen LogP contribution in [0.15, 0.2) is 48.5 Å². The van der Waals surface area contributed by atoms with Gasteiger partial charge in [-0.1, -0.05) is 77.9 Å². The highest BCUT2D eigenvalue weighted by molar-refractivity contribution is 14.1. The van der Waals surface area contributed by atoms with Crippen molar-refractivity contribution in [2.24, 2.45) is 29.2 Å². The Morgan fingerprint density at radius 1 is 0.629 bits per heavy atom. The van der Waals surface area contributed by atoms with Crippen LogP contribution in [0, 0.1) is 21.3 Å². The third-order valence-corrected chi connectivity index (χ3v) is 10.6. The molecule has 20 heteroatoms. The number of amides is 8. The minimum absolute atomic E-state index is 0.00242. The van der Waals surface area contributed by atoms with E-state index >= 15 is 0 Å². The number of nitrogens with two attached hydrogens (primary N) is 2. The number of nitrogens with one attached hydrogen (secondary N) is 7. The second kappa shape index (κ2) is 26.5. The van der Waals surface area contributed by atoms with Crippen LogP contribution in [0.1, 0.15) is 65.5 Å². The molecule has 18 nitrogen and oxygen atoms in total. The molecule has 0 unspecified atom stereocenters. The van der Waals surface area contributed by atoms with Crippen molar-refractivity contribution in [3.63, 3.8) is 0 Å². The van der Waals surface area contributed by atoms with E-state index in [0.29, 0.717) is 14.7 Å². The van der Waals surface area contributed by atoms with Crippen molar-refractivity contribution in [3.05, 3.63) is 63.2 Å². The number of aromatic hydroxyl groups is 1. The number of phenolic OH excluding ortho intramolecular Hbond substituents is 1. The summed E-state index contributed by atoms with van der Waals surface area (Å²) in [7, 11) is 0. The topological polar surface area (TPSA) is 293 Å². The summed E-state index contributed by atoms with van der Waals surface area (Å²) in [6, 6.07) is 6.42. The van der Waals surface area contributed by atoms with E-state index in [1.54, 1.807) is 56.3 Å². The average molecular weight is 996 g/mol. The maximum atomic E-state index is 14.3. The van der Waals surface area contributed by atoms with Crippen molar-refractivity contribution < 1.29 is 43.5 Å². The monoisotopic (exact) mass is 995 g/mol. The van der Waals surface area contributed by atoms with E-state index in [1.165, 1.54) is 6.07 Å². The zero-order valence-electron chi connectivity index (χ0n) is 36.0. The molecule has 2 aromatic carbocycles. The Hall–Kier alpha value is -4.96. The van der Waals surface area contributed by atoms with E-state index in [0.717, 1.165) is 0 Å². The van der Waals surface area contributed by atoms with Gasteiger partial charge in [0.15, 0.2) is 0 Å². The van der Waals surface area contributed by atoms with Crippen LogP contribution in [-0.2, 0) is 51.2 Å². The Morgan fingerprint density at radius 2 is 1.13 bits per heavy atom. The molecule has 8 amide bonds. The Balaban J connectivity index is 2.41. The highest BCUT2D eigenvalue weighted by atomic mass is 127. The lowest BCUT2D eigenvalue weighted by atomic mass is 9.98. The van der Waals surface area contributed by atoms with Gasteiger partial charge in [-0.25, -0.2) is 0 Å². The van der Waals surface area contributed by atoms with Crippen LogP contribution in [-0.4, -0.2) is 107 Å². The van der Waals surface area contributed by atoms with Gasteiger partial charge in [0, 0.05) is 18.6 Å². The molecule has 6 atom stereocenters. The van der Waals surface area contributed by atoms with Crippen LogP contribution in [0.4, 0.5) is 0 Å². The van der Waals surface area contributed by atoms with E-state index in [9.17, 15) is 43.5 Å². The van der Waals surface area contributed by atoms with Crippen LogP contribution in [0.5, 0.6) is 5.75 Å². The number of phenols is 1. The lowest BCUT2D eigenvalue weighted by molar-refractivity contribution is -0.136. The molecular formula is C42H62IN9O9S. The minimum Gasteiger partial charge on any atom is -0.507 e. The smallest absolute Gasteiger partial charge is 0.244 e. The lowest BCUT2D eigenvalue weighted by Crippen LogP contribution is -2.61. The molecule has 2 rings (SSSR count). The number of hydrogen-bond donors (Lipinski definition) is 11. The largest absolute Gasteiger partial charge is 0.507 e. The summed E-state index contributed by atoms with van der Waals surface area (Å²) in [5.41, 5.74) is 12.1. The second-order valence-electron chi connectivity index (χ2n) is 16.1. The molecule has 0 spiro atoms. The van der Waals surface area contributed by atoms with Gasteiger partial charge < -0.3 is 53.8 Å². The maximum Gasteiger partial charge on any atom is 0.244 e. The van der Waals surface area contributed by atoms with Gasteiger partial charge in [0.2, 0.25) is 47.3 Å². The van der Waals surface area contributed by atoms with E-state index in [4.69, 9.17) is 11.5 Å². The highest BCUT2D eigenvalue weighted by Crippen LogP contribution is 2.21. The van der Waals surface area contributed by atoms with Gasteiger partial charge in [-0.05, 0) is 76.4 Å². The quantitative estimate of drug-likeness (QED) is 0.0465. The first-order valence-corrected chi connectivity index (χ1v) is 22.1. The molecule has 12 N–H and O–H groups in total. The van der Waals surface area contributed by atoms with Gasteiger partial charge >= 0.3 is 0 Å². The van der Waals surface area contributed by atoms with Crippen LogP contribution in [0.3, 0.4) is 0 Å². The Labute approximate surface area is 381 Å². The fraction of sp³-hybridized carbons (Fsp3) is 0.524. The molecule has 0 heterocycles. The molecule has 0 fully saturated rings. The summed E-state index contributed by atoms with van der Waals surface area (Å²) in [5, 5.41) is 28.4. The number of carbonyl (C=O) groups excluding carboxylic acids is 8. The molecule has 0 radical (unpaired) electrons. The Bertz CT molecular complexity index is 1870. The summed E-state index contributed by atoms with van der Waals surface area (Å²) < 4.78 is 0.505. The van der Waals surface area contributed by atoms with Crippen LogP contribution in [0.25, 0.3) is 0 Å². The van der Waals surface area contributed by atoms with Gasteiger partial charge in [0.05, 0.1) is 16.7 Å². The van der Waals surface area contributed by atoms with Crippen molar-refractivity contribution >= 4 is 82.5 Å². The molecule has 342 valence electrons. The van der Waals surface area contributed by atoms with Crippen molar-refractivity contribution in [1.29, 1.82) is 0 Å². The molecular weight excluding hydrogens is 933 g/mol. The third kappa shape index (κ3) is 18.6. The van der Waals surface area contributed by atoms with E-state index < -0.39 is 96.0 Å². The first-order valence-electron chi connectivity index (χ1n) is 20.3. The highest BCUT2D eigenvalue weighted by Gasteiger charge is 2.35. The van der Waals surface area contributed by atoms with Crippen molar-refractivity contribution in [2.75, 3.05) is 18.8 Å². The molecule has 0 aliphatic carbocycles. The molecule has 0 aliphatic heterocycles. The number of hydrogen-bond acceptors (Lipinski definition) is 11. The Kier molecular flexibility index (Phi) is 22.7. The SMILES string of the molecule is CC(C)C[C@H](NC(=O)[C@H](Cc1ccc(O)c(I)c1)NC(=O)[C@H](Cc1ccccc1)NC(=O)[C@@H](NC(=O)[C@H](CC(C)C)NC(=O)[C@H](CS)NC(=O)CNC(=O)CN)C(C)C)C(N)=O. The minimum atomic E-state index is -1.28. The summed E-state index contributed by atoms with van der Waals surface area (Å²) in [6.07, 6.45) is 0.334. The van der Waals surface area contributed by atoms with Gasteiger partial charge in [0.1, 0.15) is 42.0 Å². The molecule has 2 aromatic rings. The fourth-order valence-corrected chi connectivity index (χ4v) is 7.00. The standard InChI is InChI=1S/C42H62IN9O9S/c1-22(2)14-28(37(45)56)48-38(57)31(18-26-12-13-33(53)27(43)16-26)50-39(58)30(17-25-10-8-7-9-11-25)51-42(61)36(24(5)6)52-40(59)29(15-23(3)4)49-41(60)32(21-62)47-35(55)20-46-34(54)19-44/h7-13,16,22-24,28-32,36,53,62H,14-15,17-21,44H2,1-6H3,(H2,45,56)(H,46,54)(H,47,55)(H,48,57)(H,49,60)(H,50,58)(H,51,61)(H,52,59)/t28-,29-,30-,31-,32-,36-/m0/s1. The third-order valence-electron chi connectivity index (χ3n) is 9.42. The zero-order valence-corrected chi connectivity index (χ0v) is 39.0. The van der Waals surface area contributed by atoms with E-state index in [2.05, 4.69) is 49.8 Å². The van der Waals surface area contributed by atoms with Gasteiger partial charge in [0.25, 0.3) is 0 Å².